The van der Waals surface area contributed by atoms with Gasteiger partial charge in [0.15, 0.2) is 0 Å². The van der Waals surface area contributed by atoms with Crippen LogP contribution < -0.4 is 0 Å². The fraction of sp³-hybridized carbons (Fsp3) is 0.700. The normalized spacial score (nSPS) is 19.8. The first-order valence-electron chi connectivity index (χ1n) is 4.96. The van der Waals surface area contributed by atoms with Gasteiger partial charge in [0.1, 0.15) is 0 Å². The number of thiazole rings is 1. The molecule has 1 aliphatic heterocycles. The third-order valence-electron chi connectivity index (χ3n) is 2.92. The Labute approximate surface area is 83.6 Å². The standard InChI is InChI=1S/C10H16N2S/c1-3-8(2)12-5-4-9-10(6-12)13-7-11-9/h7-8H,3-6H2,1-2H3. The smallest absolute Gasteiger partial charge is 0.0798 e. The Morgan fingerprint density at radius 3 is 3.31 bits per heavy atom. The van der Waals surface area contributed by atoms with Crippen LogP contribution in [0.3, 0.4) is 0 Å². The molecule has 1 unspecified atom stereocenters. The summed E-state index contributed by atoms with van der Waals surface area (Å²) < 4.78 is 0. The fourth-order valence-corrected chi connectivity index (χ4v) is 2.61. The molecule has 2 rings (SSSR count). The van der Waals surface area contributed by atoms with Gasteiger partial charge in [0.05, 0.1) is 11.2 Å². The van der Waals surface area contributed by atoms with Gasteiger partial charge in [-0.05, 0) is 13.3 Å². The van der Waals surface area contributed by atoms with Crippen molar-refractivity contribution in [2.45, 2.75) is 39.3 Å². The van der Waals surface area contributed by atoms with Gasteiger partial charge in [-0.1, -0.05) is 6.92 Å². The second-order valence-electron chi connectivity index (χ2n) is 3.70. The van der Waals surface area contributed by atoms with Gasteiger partial charge in [-0.3, -0.25) is 4.90 Å². The lowest BCUT2D eigenvalue weighted by molar-refractivity contribution is 0.187. The van der Waals surface area contributed by atoms with Crippen LogP contribution in [0.1, 0.15) is 30.8 Å². The Morgan fingerprint density at radius 1 is 1.69 bits per heavy atom. The molecule has 0 fully saturated rings. The summed E-state index contributed by atoms with van der Waals surface area (Å²) in [5.41, 5.74) is 3.31. The van der Waals surface area contributed by atoms with Crippen molar-refractivity contribution < 1.29 is 0 Å². The molecule has 1 atom stereocenters. The van der Waals surface area contributed by atoms with Gasteiger partial charge >= 0.3 is 0 Å². The minimum atomic E-state index is 0.718. The van der Waals surface area contributed by atoms with E-state index in [0.717, 1.165) is 19.0 Å². The van der Waals surface area contributed by atoms with Crippen molar-refractivity contribution in [3.05, 3.63) is 16.1 Å². The highest BCUT2D eigenvalue weighted by Gasteiger charge is 2.20. The van der Waals surface area contributed by atoms with Crippen molar-refractivity contribution in [1.82, 2.24) is 9.88 Å². The topological polar surface area (TPSA) is 16.1 Å². The molecule has 0 aromatic carbocycles. The number of fused-ring (bicyclic) bond motifs is 1. The summed E-state index contributed by atoms with van der Waals surface area (Å²) in [5.74, 6) is 0. The number of hydrogen-bond donors (Lipinski definition) is 0. The summed E-state index contributed by atoms with van der Waals surface area (Å²) in [6, 6.07) is 0.718. The van der Waals surface area contributed by atoms with Gasteiger partial charge in [-0.25, -0.2) is 4.98 Å². The number of nitrogens with zero attached hydrogens (tertiary/aromatic N) is 2. The number of aromatic nitrogens is 1. The third kappa shape index (κ3) is 1.76. The first-order chi connectivity index (χ1) is 6.31. The van der Waals surface area contributed by atoms with Crippen molar-refractivity contribution >= 4 is 11.3 Å². The summed E-state index contributed by atoms with van der Waals surface area (Å²) in [4.78, 5) is 8.40. The van der Waals surface area contributed by atoms with Crippen molar-refractivity contribution in [2.24, 2.45) is 0 Å². The van der Waals surface area contributed by atoms with Crippen molar-refractivity contribution in [2.75, 3.05) is 6.54 Å². The Morgan fingerprint density at radius 2 is 2.54 bits per heavy atom. The second-order valence-corrected chi connectivity index (χ2v) is 4.64. The highest BCUT2D eigenvalue weighted by Crippen LogP contribution is 2.23. The average Bonchev–Trinajstić information content (AvgIpc) is 2.63. The molecule has 13 heavy (non-hydrogen) atoms. The lowest BCUT2D eigenvalue weighted by Crippen LogP contribution is -2.36. The van der Waals surface area contributed by atoms with E-state index in [-0.39, 0.29) is 0 Å². The maximum atomic E-state index is 4.37. The SMILES string of the molecule is CCC(C)N1CCc2ncsc2C1. The van der Waals surface area contributed by atoms with Gasteiger partial charge in [-0.2, -0.15) is 0 Å². The van der Waals surface area contributed by atoms with E-state index < -0.39 is 0 Å². The Bertz CT molecular complexity index is 282. The zero-order chi connectivity index (χ0) is 9.26. The molecule has 3 heteroatoms. The molecule has 0 saturated heterocycles. The van der Waals surface area contributed by atoms with Crippen LogP contribution in [-0.4, -0.2) is 22.5 Å². The molecule has 2 nitrogen and oxygen atoms in total. The number of rotatable bonds is 2. The van der Waals surface area contributed by atoms with E-state index in [4.69, 9.17) is 0 Å². The van der Waals surface area contributed by atoms with E-state index >= 15 is 0 Å². The predicted octanol–water partition coefficient (Wildman–Crippen LogP) is 2.30. The van der Waals surface area contributed by atoms with Gasteiger partial charge < -0.3 is 0 Å². The van der Waals surface area contributed by atoms with Crippen LogP contribution >= 0.6 is 11.3 Å². The quantitative estimate of drug-likeness (QED) is 0.721. The predicted molar refractivity (Wildman–Crippen MR) is 56.0 cm³/mol. The monoisotopic (exact) mass is 196 g/mol. The Balaban J connectivity index is 2.08. The molecule has 0 aliphatic carbocycles. The summed E-state index contributed by atoms with van der Waals surface area (Å²) in [6.45, 7) is 6.87. The van der Waals surface area contributed by atoms with Gasteiger partial charge in [-0.15, -0.1) is 11.3 Å². The second kappa shape index (κ2) is 3.76. The van der Waals surface area contributed by atoms with E-state index in [1.807, 2.05) is 5.51 Å². The largest absolute Gasteiger partial charge is 0.295 e. The molecular weight excluding hydrogens is 180 g/mol. The lowest BCUT2D eigenvalue weighted by Gasteiger charge is -2.31. The molecule has 0 bridgehead atoms. The Kier molecular flexibility index (Phi) is 2.65. The minimum absolute atomic E-state index is 0.718. The maximum absolute atomic E-state index is 4.37. The van der Waals surface area contributed by atoms with Crippen molar-refractivity contribution in [1.29, 1.82) is 0 Å². The fourth-order valence-electron chi connectivity index (χ4n) is 1.77. The number of hydrogen-bond acceptors (Lipinski definition) is 3. The summed E-state index contributed by atoms with van der Waals surface area (Å²) >= 11 is 1.80. The van der Waals surface area contributed by atoms with E-state index in [2.05, 4.69) is 23.7 Å². The van der Waals surface area contributed by atoms with Crippen LogP contribution in [0.4, 0.5) is 0 Å². The van der Waals surface area contributed by atoms with E-state index in [9.17, 15) is 0 Å². The van der Waals surface area contributed by atoms with Crippen LogP contribution in [0.15, 0.2) is 5.51 Å². The Hall–Kier alpha value is -0.410. The summed E-state index contributed by atoms with van der Waals surface area (Å²) in [6.07, 6.45) is 2.39. The highest BCUT2D eigenvalue weighted by atomic mass is 32.1. The van der Waals surface area contributed by atoms with Crippen LogP contribution in [0.25, 0.3) is 0 Å². The first kappa shape index (κ1) is 9.16. The zero-order valence-corrected chi connectivity index (χ0v) is 9.10. The van der Waals surface area contributed by atoms with E-state index in [1.54, 1.807) is 11.3 Å². The molecule has 0 radical (unpaired) electrons. The van der Waals surface area contributed by atoms with Crippen molar-refractivity contribution in [3.63, 3.8) is 0 Å². The first-order valence-corrected chi connectivity index (χ1v) is 5.84. The highest BCUT2D eigenvalue weighted by molar-refractivity contribution is 7.09. The molecule has 0 amide bonds. The average molecular weight is 196 g/mol. The summed E-state index contributed by atoms with van der Waals surface area (Å²) in [5, 5.41) is 0. The van der Waals surface area contributed by atoms with E-state index in [1.165, 1.54) is 23.5 Å². The molecule has 0 N–H and O–H groups in total. The van der Waals surface area contributed by atoms with E-state index in [0.29, 0.717) is 0 Å². The van der Waals surface area contributed by atoms with Crippen molar-refractivity contribution in [3.8, 4) is 0 Å². The molecule has 1 aromatic heterocycles. The molecule has 0 saturated carbocycles. The molecule has 1 aliphatic rings. The molecule has 1 aromatic rings. The van der Waals surface area contributed by atoms with Crippen LogP contribution in [0, 0.1) is 0 Å². The van der Waals surface area contributed by atoms with Gasteiger partial charge in [0, 0.05) is 30.4 Å². The maximum Gasteiger partial charge on any atom is 0.0798 e. The molecule has 72 valence electrons. The lowest BCUT2D eigenvalue weighted by atomic mass is 10.1. The van der Waals surface area contributed by atoms with Gasteiger partial charge in [0.2, 0.25) is 0 Å². The molecule has 2 heterocycles. The van der Waals surface area contributed by atoms with Gasteiger partial charge in [0.25, 0.3) is 0 Å². The molecule has 0 spiro atoms. The summed E-state index contributed by atoms with van der Waals surface area (Å²) in [7, 11) is 0. The molecular formula is C10H16N2S. The third-order valence-corrected chi connectivity index (χ3v) is 3.78. The zero-order valence-electron chi connectivity index (χ0n) is 8.29. The van der Waals surface area contributed by atoms with Crippen LogP contribution in [0.2, 0.25) is 0 Å². The minimum Gasteiger partial charge on any atom is -0.295 e. The van der Waals surface area contributed by atoms with Crippen LogP contribution in [0.5, 0.6) is 0 Å². The van der Waals surface area contributed by atoms with Crippen LogP contribution in [-0.2, 0) is 13.0 Å².